The maximum Gasteiger partial charge on any atom is 0.413 e. The molecule has 0 aliphatic rings. The van der Waals surface area contributed by atoms with E-state index in [1.807, 2.05) is 36.4 Å². The van der Waals surface area contributed by atoms with Crippen molar-refractivity contribution in [1.29, 1.82) is 5.26 Å². The topological polar surface area (TPSA) is 79.9 Å². The average Bonchev–Trinajstić information content (AvgIpc) is 2.91. The van der Waals surface area contributed by atoms with Crippen LogP contribution in [0.15, 0.2) is 42.6 Å². The molecule has 102 valence electrons. The first-order valence-electron chi connectivity index (χ1n) is 6.16. The summed E-state index contributed by atoms with van der Waals surface area (Å²) < 4.78 is 6.66. The van der Waals surface area contributed by atoms with E-state index >= 15 is 0 Å². The highest BCUT2D eigenvalue weighted by molar-refractivity contribution is 5.83. The predicted octanol–water partition coefficient (Wildman–Crippen LogP) is 2.55. The van der Waals surface area contributed by atoms with Crippen LogP contribution in [0.2, 0.25) is 0 Å². The van der Waals surface area contributed by atoms with Gasteiger partial charge in [0, 0.05) is 12.3 Å². The highest BCUT2D eigenvalue weighted by Gasteiger charge is 2.06. The summed E-state index contributed by atoms with van der Waals surface area (Å²) in [5.74, 6) is 0.404. The van der Waals surface area contributed by atoms with E-state index in [0.29, 0.717) is 18.8 Å². The van der Waals surface area contributed by atoms with Gasteiger partial charge in [0.15, 0.2) is 5.82 Å². The zero-order valence-electron chi connectivity index (χ0n) is 10.8. The lowest BCUT2D eigenvalue weighted by atomic mass is 10.2. The van der Waals surface area contributed by atoms with Gasteiger partial charge < -0.3 is 4.74 Å². The number of amides is 1. The Morgan fingerprint density at radius 2 is 2.15 bits per heavy atom. The predicted molar refractivity (Wildman–Crippen MR) is 72.7 cm³/mol. The van der Waals surface area contributed by atoms with Crippen LogP contribution in [0.25, 0.3) is 0 Å². The van der Waals surface area contributed by atoms with E-state index in [9.17, 15) is 4.79 Å². The van der Waals surface area contributed by atoms with Crippen LogP contribution in [-0.2, 0) is 17.9 Å². The van der Waals surface area contributed by atoms with Crippen molar-refractivity contribution < 1.29 is 9.53 Å². The van der Waals surface area contributed by atoms with E-state index in [1.54, 1.807) is 16.9 Å². The van der Waals surface area contributed by atoms with E-state index in [4.69, 9.17) is 10.00 Å². The summed E-state index contributed by atoms with van der Waals surface area (Å²) >= 11 is 0. The van der Waals surface area contributed by atoms with Gasteiger partial charge in [-0.3, -0.25) is 10.00 Å². The van der Waals surface area contributed by atoms with Gasteiger partial charge in [0.05, 0.1) is 19.0 Å². The molecule has 0 radical (unpaired) electrons. The minimum atomic E-state index is -0.556. The number of hydrogen-bond acceptors (Lipinski definition) is 4. The molecular weight excluding hydrogens is 256 g/mol. The van der Waals surface area contributed by atoms with Gasteiger partial charge in [-0.25, -0.2) is 4.79 Å². The molecule has 1 heterocycles. The number of ether oxygens (including phenoxy) is 1. The van der Waals surface area contributed by atoms with Crippen molar-refractivity contribution in [2.24, 2.45) is 0 Å². The summed E-state index contributed by atoms with van der Waals surface area (Å²) in [5.41, 5.74) is 0.919. The number of carbonyl (C=O) groups excluding carboxylic acids is 1. The number of anilines is 1. The molecule has 20 heavy (non-hydrogen) atoms. The molecule has 0 saturated carbocycles. The van der Waals surface area contributed by atoms with Gasteiger partial charge in [-0.2, -0.15) is 10.4 Å². The number of nitrogens with zero attached hydrogens (tertiary/aromatic N) is 3. The standard InChI is InChI=1S/C14H14N4O2/c15-8-4-9-18-10-7-13(17-18)16-14(19)20-11-12-5-2-1-3-6-12/h1-3,5-7,10H,4,9,11H2,(H,16,17,19). The van der Waals surface area contributed by atoms with Gasteiger partial charge in [0.25, 0.3) is 0 Å². The van der Waals surface area contributed by atoms with Crippen LogP contribution in [0.1, 0.15) is 12.0 Å². The van der Waals surface area contributed by atoms with Crippen LogP contribution >= 0.6 is 0 Å². The molecule has 0 unspecified atom stereocenters. The maximum atomic E-state index is 11.6. The Morgan fingerprint density at radius 3 is 2.90 bits per heavy atom. The molecule has 0 fully saturated rings. The Labute approximate surface area is 116 Å². The Kier molecular flexibility index (Phi) is 4.73. The number of carbonyl (C=O) groups is 1. The smallest absolute Gasteiger partial charge is 0.413 e. The first kappa shape index (κ1) is 13.6. The minimum Gasteiger partial charge on any atom is -0.444 e. The van der Waals surface area contributed by atoms with Crippen molar-refractivity contribution in [3.8, 4) is 6.07 Å². The lowest BCUT2D eigenvalue weighted by Gasteiger charge is -2.04. The van der Waals surface area contributed by atoms with Gasteiger partial charge in [-0.1, -0.05) is 30.3 Å². The lowest BCUT2D eigenvalue weighted by molar-refractivity contribution is 0.155. The first-order valence-corrected chi connectivity index (χ1v) is 6.16. The quantitative estimate of drug-likeness (QED) is 0.905. The summed E-state index contributed by atoms with van der Waals surface area (Å²) in [7, 11) is 0. The van der Waals surface area contributed by atoms with Crippen LogP contribution in [0, 0.1) is 11.3 Å². The van der Waals surface area contributed by atoms with Crippen molar-refractivity contribution in [3.05, 3.63) is 48.2 Å². The lowest BCUT2D eigenvalue weighted by Crippen LogP contribution is -2.14. The van der Waals surface area contributed by atoms with Crippen LogP contribution in [0.5, 0.6) is 0 Å². The number of aromatic nitrogens is 2. The number of nitriles is 1. The van der Waals surface area contributed by atoms with E-state index in [-0.39, 0.29) is 6.61 Å². The minimum absolute atomic E-state index is 0.210. The van der Waals surface area contributed by atoms with Crippen molar-refractivity contribution in [3.63, 3.8) is 0 Å². The Balaban J connectivity index is 1.79. The van der Waals surface area contributed by atoms with Gasteiger partial charge in [-0.15, -0.1) is 0 Å². The van der Waals surface area contributed by atoms with E-state index in [2.05, 4.69) is 10.4 Å². The van der Waals surface area contributed by atoms with Crippen molar-refractivity contribution in [2.75, 3.05) is 5.32 Å². The fourth-order valence-corrected chi connectivity index (χ4v) is 1.58. The summed E-state index contributed by atoms with van der Waals surface area (Å²) in [5, 5.41) is 15.1. The van der Waals surface area contributed by atoms with Gasteiger partial charge in [0.2, 0.25) is 0 Å². The summed E-state index contributed by atoms with van der Waals surface area (Å²) in [4.78, 5) is 11.6. The summed E-state index contributed by atoms with van der Waals surface area (Å²) in [6.45, 7) is 0.707. The molecule has 6 nitrogen and oxygen atoms in total. The zero-order chi connectivity index (χ0) is 14.2. The van der Waals surface area contributed by atoms with Crippen LogP contribution in [0.4, 0.5) is 10.6 Å². The summed E-state index contributed by atoms with van der Waals surface area (Å²) in [6, 6.07) is 13.1. The molecular formula is C14H14N4O2. The second kappa shape index (κ2) is 6.95. The second-order valence-corrected chi connectivity index (χ2v) is 4.06. The van der Waals surface area contributed by atoms with Gasteiger partial charge in [-0.05, 0) is 5.56 Å². The first-order chi connectivity index (χ1) is 9.78. The molecule has 2 aromatic rings. The number of aryl methyl sites for hydroxylation is 1. The number of rotatable bonds is 5. The molecule has 0 aliphatic carbocycles. The van der Waals surface area contributed by atoms with E-state index < -0.39 is 6.09 Å². The number of benzene rings is 1. The number of hydrogen-bond donors (Lipinski definition) is 1. The average molecular weight is 270 g/mol. The van der Waals surface area contributed by atoms with E-state index in [0.717, 1.165) is 5.56 Å². The maximum absolute atomic E-state index is 11.6. The molecule has 1 aromatic carbocycles. The highest BCUT2D eigenvalue weighted by atomic mass is 16.5. The largest absolute Gasteiger partial charge is 0.444 e. The normalized spacial score (nSPS) is 9.75. The molecule has 1 N–H and O–H groups in total. The highest BCUT2D eigenvalue weighted by Crippen LogP contribution is 2.05. The monoisotopic (exact) mass is 270 g/mol. The molecule has 1 aromatic heterocycles. The molecule has 1 amide bonds. The van der Waals surface area contributed by atoms with Crippen LogP contribution in [0.3, 0.4) is 0 Å². The zero-order valence-corrected chi connectivity index (χ0v) is 10.8. The fraction of sp³-hybridized carbons (Fsp3) is 0.214. The Hall–Kier alpha value is -2.81. The van der Waals surface area contributed by atoms with Crippen molar-refractivity contribution in [2.45, 2.75) is 19.6 Å². The third-order valence-corrected chi connectivity index (χ3v) is 2.54. The van der Waals surface area contributed by atoms with Crippen molar-refractivity contribution in [1.82, 2.24) is 9.78 Å². The summed E-state index contributed by atoms with van der Waals surface area (Å²) in [6.07, 6.45) is 1.52. The third-order valence-electron chi connectivity index (χ3n) is 2.54. The molecule has 2 rings (SSSR count). The molecule has 0 bridgehead atoms. The molecule has 0 spiro atoms. The molecule has 0 atom stereocenters. The van der Waals surface area contributed by atoms with Crippen molar-refractivity contribution >= 4 is 11.9 Å². The molecule has 6 heteroatoms. The Bertz CT molecular complexity index is 601. The molecule has 0 saturated heterocycles. The number of nitrogens with one attached hydrogen (secondary N) is 1. The Morgan fingerprint density at radius 1 is 1.35 bits per heavy atom. The SMILES string of the molecule is N#CCCn1ccc(NC(=O)OCc2ccccc2)n1. The fourth-order valence-electron chi connectivity index (χ4n) is 1.58. The van der Waals surface area contributed by atoms with Crippen LogP contribution in [-0.4, -0.2) is 15.9 Å². The van der Waals surface area contributed by atoms with Gasteiger partial charge in [0.1, 0.15) is 6.61 Å². The second-order valence-electron chi connectivity index (χ2n) is 4.06. The van der Waals surface area contributed by atoms with E-state index in [1.165, 1.54) is 0 Å². The van der Waals surface area contributed by atoms with Gasteiger partial charge >= 0.3 is 6.09 Å². The third kappa shape index (κ3) is 4.14. The van der Waals surface area contributed by atoms with Crippen LogP contribution < -0.4 is 5.32 Å². The molecule has 0 aliphatic heterocycles.